The smallest absolute Gasteiger partial charge is 0.222 e. The van der Waals surface area contributed by atoms with Gasteiger partial charge >= 0.3 is 0 Å². The number of nitrogens with one attached hydrogen (secondary N) is 1. The average molecular weight is 406 g/mol. The largest absolute Gasteiger partial charge is 0.350 e. The van der Waals surface area contributed by atoms with E-state index in [2.05, 4.69) is 41.7 Å². The van der Waals surface area contributed by atoms with Crippen LogP contribution in [0.25, 0.3) is 0 Å². The van der Waals surface area contributed by atoms with E-state index in [1.54, 1.807) is 0 Å². The second-order valence-corrected chi connectivity index (χ2v) is 7.88. The molecule has 0 heterocycles. The predicted molar refractivity (Wildman–Crippen MR) is 127 cm³/mol. The number of rotatable bonds is 7. The van der Waals surface area contributed by atoms with Crippen LogP contribution in [-0.2, 0) is 10.2 Å². The minimum atomic E-state index is -0.579. The lowest BCUT2D eigenvalue weighted by molar-refractivity contribution is -0.122. The first-order valence-electron chi connectivity index (χ1n) is 10.7. The Balaban J connectivity index is 1.78. The summed E-state index contributed by atoms with van der Waals surface area (Å²) in [5, 5.41) is 3.22. The Labute approximate surface area is 184 Å². The van der Waals surface area contributed by atoms with Gasteiger partial charge in [-0.3, -0.25) is 4.79 Å². The molecule has 1 N–H and O–H groups in total. The first-order chi connectivity index (χ1) is 15.2. The van der Waals surface area contributed by atoms with Gasteiger partial charge in [0.25, 0.3) is 0 Å². The summed E-state index contributed by atoms with van der Waals surface area (Å²) in [5.74, 6) is 0.0212. The van der Waals surface area contributed by atoms with E-state index in [1.807, 2.05) is 91.9 Å². The molecule has 154 valence electrons. The molecule has 0 aromatic heterocycles. The molecule has 0 saturated heterocycles. The lowest BCUT2D eigenvalue weighted by Gasteiger charge is -2.36. The highest BCUT2D eigenvalue weighted by Gasteiger charge is 2.38. The van der Waals surface area contributed by atoms with E-state index in [0.29, 0.717) is 6.42 Å². The van der Waals surface area contributed by atoms with Gasteiger partial charge in [0, 0.05) is 6.42 Å². The van der Waals surface area contributed by atoms with Crippen LogP contribution in [0.3, 0.4) is 0 Å². The number of hydrogen-bond donors (Lipinski definition) is 1. The van der Waals surface area contributed by atoms with Crippen LogP contribution in [0, 0.1) is 0 Å². The highest BCUT2D eigenvalue weighted by molar-refractivity contribution is 5.80. The number of carbonyl (C=O) groups excluding carboxylic acids is 1. The Morgan fingerprint density at radius 2 is 1.00 bits per heavy atom. The summed E-state index contributed by atoms with van der Waals surface area (Å²) in [6.45, 7) is 2.03. The van der Waals surface area contributed by atoms with Crippen molar-refractivity contribution in [2.45, 2.75) is 24.8 Å². The molecule has 0 aliphatic rings. The summed E-state index contributed by atoms with van der Waals surface area (Å²) in [5.41, 5.74) is 3.84. The van der Waals surface area contributed by atoms with Crippen molar-refractivity contribution in [1.29, 1.82) is 0 Å². The van der Waals surface area contributed by atoms with Crippen molar-refractivity contribution in [3.8, 4) is 0 Å². The van der Waals surface area contributed by atoms with E-state index in [0.717, 1.165) is 22.3 Å². The van der Waals surface area contributed by atoms with Gasteiger partial charge in [-0.2, -0.15) is 0 Å². The molecule has 1 amide bonds. The number of hydrogen-bond acceptors (Lipinski definition) is 1. The first kappa shape index (κ1) is 20.6. The lowest BCUT2D eigenvalue weighted by Crippen LogP contribution is -2.38. The molecule has 4 rings (SSSR count). The summed E-state index contributed by atoms with van der Waals surface area (Å²) in [7, 11) is 0. The Hall–Kier alpha value is -3.65. The molecule has 4 aromatic rings. The summed E-state index contributed by atoms with van der Waals surface area (Å²) in [6, 6.07) is 41.0. The van der Waals surface area contributed by atoms with Crippen LogP contribution in [0.5, 0.6) is 0 Å². The summed E-state index contributed by atoms with van der Waals surface area (Å²) < 4.78 is 0. The zero-order chi connectivity index (χ0) is 21.5. The van der Waals surface area contributed by atoms with Crippen LogP contribution < -0.4 is 5.32 Å². The van der Waals surface area contributed by atoms with Crippen molar-refractivity contribution in [2.75, 3.05) is 0 Å². The van der Waals surface area contributed by atoms with Crippen LogP contribution in [0.1, 0.15) is 41.6 Å². The molecule has 0 aliphatic carbocycles. The summed E-state index contributed by atoms with van der Waals surface area (Å²) in [6.07, 6.45) is 0.322. The van der Waals surface area contributed by atoms with Crippen molar-refractivity contribution >= 4 is 5.91 Å². The Morgan fingerprint density at radius 1 is 0.645 bits per heavy atom. The molecule has 0 saturated carbocycles. The second-order valence-electron chi connectivity index (χ2n) is 7.88. The molecule has 2 heteroatoms. The van der Waals surface area contributed by atoms with Crippen molar-refractivity contribution in [2.24, 2.45) is 0 Å². The molecular formula is C29H27NO. The van der Waals surface area contributed by atoms with E-state index in [1.165, 1.54) is 0 Å². The van der Waals surface area contributed by atoms with Gasteiger partial charge in [0.1, 0.15) is 0 Å². The fourth-order valence-corrected chi connectivity index (χ4v) is 4.33. The highest BCUT2D eigenvalue weighted by Crippen LogP contribution is 2.42. The Morgan fingerprint density at radius 3 is 1.39 bits per heavy atom. The van der Waals surface area contributed by atoms with Crippen LogP contribution >= 0.6 is 0 Å². The van der Waals surface area contributed by atoms with Gasteiger partial charge in [-0.05, 0) is 29.2 Å². The van der Waals surface area contributed by atoms with Crippen LogP contribution in [0.15, 0.2) is 121 Å². The van der Waals surface area contributed by atoms with Gasteiger partial charge in [0.05, 0.1) is 11.5 Å². The first-order valence-corrected chi connectivity index (χ1v) is 10.7. The zero-order valence-electron chi connectivity index (χ0n) is 17.7. The fraction of sp³-hybridized carbons (Fsp3) is 0.138. The topological polar surface area (TPSA) is 29.1 Å². The SMILES string of the molecule is CC(NC(=O)CC(c1ccccc1)(c1ccccc1)c1ccccc1)c1ccccc1. The van der Waals surface area contributed by atoms with E-state index in [9.17, 15) is 4.79 Å². The minimum Gasteiger partial charge on any atom is -0.350 e. The number of carbonyl (C=O) groups is 1. The maximum Gasteiger partial charge on any atom is 0.222 e. The molecule has 0 radical (unpaired) electrons. The van der Waals surface area contributed by atoms with Crippen molar-refractivity contribution in [1.82, 2.24) is 5.32 Å². The van der Waals surface area contributed by atoms with Gasteiger partial charge in [0.2, 0.25) is 5.91 Å². The van der Waals surface area contributed by atoms with E-state index in [4.69, 9.17) is 0 Å². The predicted octanol–water partition coefficient (Wildman–Crippen LogP) is 6.29. The average Bonchev–Trinajstić information content (AvgIpc) is 2.85. The summed E-state index contributed by atoms with van der Waals surface area (Å²) >= 11 is 0. The molecule has 0 bridgehead atoms. The lowest BCUT2D eigenvalue weighted by atomic mass is 9.67. The van der Waals surface area contributed by atoms with Crippen LogP contribution in [0.4, 0.5) is 0 Å². The summed E-state index contributed by atoms with van der Waals surface area (Å²) in [4.78, 5) is 13.5. The van der Waals surface area contributed by atoms with Gasteiger partial charge in [-0.15, -0.1) is 0 Å². The monoisotopic (exact) mass is 405 g/mol. The third kappa shape index (κ3) is 4.44. The molecule has 0 fully saturated rings. The van der Waals surface area contributed by atoms with Crippen molar-refractivity contribution in [3.05, 3.63) is 144 Å². The van der Waals surface area contributed by atoms with Gasteiger partial charge in [-0.25, -0.2) is 0 Å². The number of benzene rings is 4. The van der Waals surface area contributed by atoms with Crippen molar-refractivity contribution in [3.63, 3.8) is 0 Å². The van der Waals surface area contributed by atoms with Crippen LogP contribution in [0.2, 0.25) is 0 Å². The molecule has 0 aliphatic heterocycles. The zero-order valence-corrected chi connectivity index (χ0v) is 17.7. The standard InChI is InChI=1S/C29H27NO/c1-23(24-14-6-2-7-15-24)30-28(31)22-29(25-16-8-3-9-17-25,26-18-10-4-11-19-26)27-20-12-5-13-21-27/h2-21,23H,22H2,1H3,(H,30,31). The van der Waals surface area contributed by atoms with Crippen molar-refractivity contribution < 1.29 is 4.79 Å². The Bertz CT molecular complexity index is 996. The highest BCUT2D eigenvalue weighted by atomic mass is 16.1. The van der Waals surface area contributed by atoms with E-state index < -0.39 is 5.41 Å². The molecular weight excluding hydrogens is 378 g/mol. The van der Waals surface area contributed by atoms with Gasteiger partial charge in [0.15, 0.2) is 0 Å². The molecule has 4 aromatic carbocycles. The quantitative estimate of drug-likeness (QED) is 0.360. The second kappa shape index (κ2) is 9.44. The molecule has 31 heavy (non-hydrogen) atoms. The maximum absolute atomic E-state index is 13.5. The molecule has 2 nitrogen and oxygen atoms in total. The molecule has 1 atom stereocenters. The minimum absolute atomic E-state index is 0.0212. The molecule has 0 spiro atoms. The molecule has 1 unspecified atom stereocenters. The van der Waals surface area contributed by atoms with Gasteiger partial charge in [-0.1, -0.05) is 121 Å². The van der Waals surface area contributed by atoms with E-state index in [-0.39, 0.29) is 11.9 Å². The van der Waals surface area contributed by atoms with Crippen LogP contribution in [-0.4, -0.2) is 5.91 Å². The fourth-order valence-electron chi connectivity index (χ4n) is 4.33. The van der Waals surface area contributed by atoms with E-state index >= 15 is 0 Å². The Kier molecular flexibility index (Phi) is 6.28. The maximum atomic E-state index is 13.5. The third-order valence-electron chi connectivity index (χ3n) is 5.90. The third-order valence-corrected chi connectivity index (χ3v) is 5.90. The van der Waals surface area contributed by atoms with Gasteiger partial charge < -0.3 is 5.32 Å². The number of amides is 1. The normalized spacial score (nSPS) is 12.2.